The van der Waals surface area contributed by atoms with Crippen molar-refractivity contribution in [3.8, 4) is 0 Å². The summed E-state index contributed by atoms with van der Waals surface area (Å²) in [7, 11) is 1.84. The standard InChI is InChI=1S/C13H18ClN3O2/c1-9(18)16-10-5-6-11(14)12(8-10)17-13(19)4-3-7-15-2/h5-6,8,15H,3-4,7H2,1-2H3,(H,16,18)(H,17,19). The van der Waals surface area contributed by atoms with Gasteiger partial charge in [0.1, 0.15) is 0 Å². The van der Waals surface area contributed by atoms with Crippen molar-refractivity contribution in [1.29, 1.82) is 0 Å². The molecule has 0 aliphatic heterocycles. The van der Waals surface area contributed by atoms with Crippen LogP contribution in [0.5, 0.6) is 0 Å². The van der Waals surface area contributed by atoms with Gasteiger partial charge in [-0.1, -0.05) is 11.6 Å². The summed E-state index contributed by atoms with van der Waals surface area (Å²) < 4.78 is 0. The van der Waals surface area contributed by atoms with Gasteiger partial charge in [0.15, 0.2) is 0 Å². The number of hydrogen-bond acceptors (Lipinski definition) is 3. The van der Waals surface area contributed by atoms with E-state index in [4.69, 9.17) is 11.6 Å². The molecule has 5 nitrogen and oxygen atoms in total. The topological polar surface area (TPSA) is 70.2 Å². The van der Waals surface area contributed by atoms with Gasteiger partial charge in [0.2, 0.25) is 11.8 Å². The Morgan fingerprint density at radius 2 is 2.00 bits per heavy atom. The first-order chi connectivity index (χ1) is 9.02. The van der Waals surface area contributed by atoms with Crippen LogP contribution < -0.4 is 16.0 Å². The van der Waals surface area contributed by atoms with Crippen molar-refractivity contribution < 1.29 is 9.59 Å². The van der Waals surface area contributed by atoms with Crippen LogP contribution in [0.25, 0.3) is 0 Å². The smallest absolute Gasteiger partial charge is 0.224 e. The van der Waals surface area contributed by atoms with Crippen LogP contribution in [0.2, 0.25) is 5.02 Å². The molecule has 1 aromatic rings. The van der Waals surface area contributed by atoms with Crippen molar-refractivity contribution in [1.82, 2.24) is 5.32 Å². The van der Waals surface area contributed by atoms with Gasteiger partial charge in [-0.2, -0.15) is 0 Å². The van der Waals surface area contributed by atoms with Crippen molar-refractivity contribution >= 4 is 34.8 Å². The molecule has 1 aromatic carbocycles. The molecule has 2 amide bonds. The van der Waals surface area contributed by atoms with Gasteiger partial charge in [-0.3, -0.25) is 9.59 Å². The van der Waals surface area contributed by atoms with E-state index in [2.05, 4.69) is 16.0 Å². The monoisotopic (exact) mass is 283 g/mol. The van der Waals surface area contributed by atoms with Gasteiger partial charge in [0.25, 0.3) is 0 Å². The van der Waals surface area contributed by atoms with Gasteiger partial charge in [-0.25, -0.2) is 0 Å². The first-order valence-corrected chi connectivity index (χ1v) is 6.42. The van der Waals surface area contributed by atoms with E-state index < -0.39 is 0 Å². The molecule has 0 aromatic heterocycles. The van der Waals surface area contributed by atoms with Crippen LogP contribution in [0, 0.1) is 0 Å². The summed E-state index contributed by atoms with van der Waals surface area (Å²) in [6.07, 6.45) is 1.17. The number of halogens is 1. The highest BCUT2D eigenvalue weighted by molar-refractivity contribution is 6.33. The van der Waals surface area contributed by atoms with Gasteiger partial charge in [0.05, 0.1) is 10.7 Å². The van der Waals surface area contributed by atoms with Gasteiger partial charge >= 0.3 is 0 Å². The molecule has 0 saturated carbocycles. The van der Waals surface area contributed by atoms with Crippen molar-refractivity contribution in [3.63, 3.8) is 0 Å². The Kier molecular flexibility index (Phi) is 6.32. The molecule has 1 rings (SSSR count). The molecule has 0 aliphatic carbocycles. The molecule has 0 aliphatic rings. The van der Waals surface area contributed by atoms with E-state index in [0.29, 0.717) is 22.8 Å². The average Bonchev–Trinajstić information content (AvgIpc) is 2.33. The SMILES string of the molecule is CNCCCC(=O)Nc1cc(NC(C)=O)ccc1Cl. The Labute approximate surface area is 117 Å². The molecule has 0 fully saturated rings. The van der Waals surface area contributed by atoms with Crippen LogP contribution >= 0.6 is 11.6 Å². The Balaban J connectivity index is 2.65. The summed E-state index contributed by atoms with van der Waals surface area (Å²) in [6, 6.07) is 4.95. The number of carbonyl (C=O) groups excluding carboxylic acids is 2. The molecule has 0 atom stereocenters. The van der Waals surface area contributed by atoms with Crippen LogP contribution in [0.1, 0.15) is 19.8 Å². The Bertz CT molecular complexity index is 463. The van der Waals surface area contributed by atoms with Crippen molar-refractivity contribution in [3.05, 3.63) is 23.2 Å². The summed E-state index contributed by atoms with van der Waals surface area (Å²) in [5.41, 5.74) is 1.10. The first-order valence-electron chi connectivity index (χ1n) is 6.04. The lowest BCUT2D eigenvalue weighted by molar-refractivity contribution is -0.116. The number of rotatable bonds is 6. The van der Waals surface area contributed by atoms with E-state index in [9.17, 15) is 9.59 Å². The van der Waals surface area contributed by atoms with Gasteiger partial charge in [0, 0.05) is 19.0 Å². The summed E-state index contributed by atoms with van der Waals surface area (Å²) in [5, 5.41) is 8.79. The number of nitrogens with one attached hydrogen (secondary N) is 3. The molecule has 0 heterocycles. The van der Waals surface area contributed by atoms with Gasteiger partial charge in [-0.15, -0.1) is 0 Å². The highest BCUT2D eigenvalue weighted by Gasteiger charge is 2.07. The van der Waals surface area contributed by atoms with Crippen LogP contribution in [0.15, 0.2) is 18.2 Å². The number of carbonyl (C=O) groups is 2. The fourth-order valence-corrected chi connectivity index (χ4v) is 1.71. The first kappa shape index (κ1) is 15.5. The van der Waals surface area contributed by atoms with Crippen molar-refractivity contribution in [2.24, 2.45) is 0 Å². The maximum absolute atomic E-state index is 11.7. The lowest BCUT2D eigenvalue weighted by Gasteiger charge is -2.10. The molecular weight excluding hydrogens is 266 g/mol. The van der Waals surface area contributed by atoms with Crippen molar-refractivity contribution in [2.75, 3.05) is 24.2 Å². The lowest BCUT2D eigenvalue weighted by atomic mass is 10.2. The van der Waals surface area contributed by atoms with E-state index >= 15 is 0 Å². The normalized spacial score (nSPS) is 10.1. The quantitative estimate of drug-likeness (QED) is 0.701. The number of hydrogen-bond donors (Lipinski definition) is 3. The minimum absolute atomic E-state index is 0.0999. The third-order valence-electron chi connectivity index (χ3n) is 2.39. The second-order valence-electron chi connectivity index (χ2n) is 4.13. The molecule has 0 saturated heterocycles. The van der Waals surface area contributed by atoms with Crippen LogP contribution in [-0.4, -0.2) is 25.4 Å². The van der Waals surface area contributed by atoms with E-state index in [1.54, 1.807) is 18.2 Å². The zero-order valence-corrected chi connectivity index (χ0v) is 11.8. The minimum Gasteiger partial charge on any atom is -0.326 e. The van der Waals surface area contributed by atoms with E-state index in [0.717, 1.165) is 13.0 Å². The largest absolute Gasteiger partial charge is 0.326 e. The maximum Gasteiger partial charge on any atom is 0.224 e. The van der Waals surface area contributed by atoms with E-state index in [1.165, 1.54) is 6.92 Å². The van der Waals surface area contributed by atoms with Crippen LogP contribution in [0.3, 0.4) is 0 Å². The highest BCUT2D eigenvalue weighted by atomic mass is 35.5. The zero-order valence-electron chi connectivity index (χ0n) is 11.0. The average molecular weight is 284 g/mol. The molecular formula is C13H18ClN3O2. The van der Waals surface area contributed by atoms with Crippen LogP contribution in [-0.2, 0) is 9.59 Å². The van der Waals surface area contributed by atoms with E-state index in [-0.39, 0.29) is 11.8 Å². The van der Waals surface area contributed by atoms with Crippen LogP contribution in [0.4, 0.5) is 11.4 Å². The second-order valence-corrected chi connectivity index (χ2v) is 4.54. The molecule has 3 N–H and O–H groups in total. The number of benzene rings is 1. The molecule has 0 spiro atoms. The van der Waals surface area contributed by atoms with Gasteiger partial charge < -0.3 is 16.0 Å². The lowest BCUT2D eigenvalue weighted by Crippen LogP contribution is -2.15. The molecule has 0 bridgehead atoms. The Hall–Kier alpha value is -1.59. The molecule has 0 unspecified atom stereocenters. The van der Waals surface area contributed by atoms with Crippen molar-refractivity contribution in [2.45, 2.75) is 19.8 Å². The second kappa shape index (κ2) is 7.76. The zero-order chi connectivity index (χ0) is 14.3. The summed E-state index contributed by atoms with van der Waals surface area (Å²) in [6.45, 7) is 2.21. The third-order valence-corrected chi connectivity index (χ3v) is 2.72. The fraction of sp³-hybridized carbons (Fsp3) is 0.385. The molecule has 6 heteroatoms. The fourth-order valence-electron chi connectivity index (χ4n) is 1.54. The summed E-state index contributed by atoms with van der Waals surface area (Å²) in [4.78, 5) is 22.7. The predicted octanol–water partition coefficient (Wildman–Crippen LogP) is 2.24. The molecule has 0 radical (unpaired) electrons. The third kappa shape index (κ3) is 5.72. The predicted molar refractivity (Wildman–Crippen MR) is 77.5 cm³/mol. The molecule has 104 valence electrons. The van der Waals surface area contributed by atoms with Gasteiger partial charge in [-0.05, 0) is 38.2 Å². The highest BCUT2D eigenvalue weighted by Crippen LogP contribution is 2.25. The minimum atomic E-state index is -0.173. The summed E-state index contributed by atoms with van der Waals surface area (Å²) >= 11 is 6.00. The molecule has 19 heavy (non-hydrogen) atoms. The summed E-state index contributed by atoms with van der Waals surface area (Å²) in [5.74, 6) is -0.272. The maximum atomic E-state index is 11.7. The Morgan fingerprint density at radius 3 is 2.63 bits per heavy atom. The van der Waals surface area contributed by atoms with E-state index in [1.807, 2.05) is 7.05 Å². The Morgan fingerprint density at radius 1 is 1.26 bits per heavy atom. The number of anilines is 2. The number of amides is 2.